The molecule has 1 saturated heterocycles. The topological polar surface area (TPSA) is 27.0 Å². The fourth-order valence-corrected chi connectivity index (χ4v) is 1.90. The second-order valence-electron chi connectivity index (χ2n) is 5.37. The van der Waals surface area contributed by atoms with Gasteiger partial charge in [0, 0.05) is 12.1 Å². The molecule has 1 unspecified atom stereocenters. The highest BCUT2D eigenvalue weighted by molar-refractivity contribution is 5.01. The Kier molecular flexibility index (Phi) is 2.68. The molecule has 0 aromatic rings. The Morgan fingerprint density at radius 3 is 2.46 bits per heavy atom. The van der Waals surface area contributed by atoms with Gasteiger partial charge < -0.3 is 0 Å². The van der Waals surface area contributed by atoms with Crippen LogP contribution < -0.4 is 0 Å². The van der Waals surface area contributed by atoms with Gasteiger partial charge in [-0.15, -0.1) is 0 Å². The molecule has 0 amide bonds. The van der Waals surface area contributed by atoms with Crippen molar-refractivity contribution in [3.8, 4) is 6.07 Å². The van der Waals surface area contributed by atoms with E-state index in [2.05, 4.69) is 38.7 Å². The molecule has 2 heteroatoms. The van der Waals surface area contributed by atoms with Gasteiger partial charge in [0.05, 0.1) is 11.5 Å². The summed E-state index contributed by atoms with van der Waals surface area (Å²) in [6, 6.07) is 2.44. The zero-order valence-corrected chi connectivity index (χ0v) is 9.22. The molecule has 0 aromatic heterocycles. The number of nitriles is 1. The minimum Gasteiger partial charge on any atom is -0.297 e. The van der Waals surface area contributed by atoms with E-state index >= 15 is 0 Å². The molecule has 1 fully saturated rings. The van der Waals surface area contributed by atoms with E-state index < -0.39 is 0 Å². The number of likely N-dealkylation sites (tertiary alicyclic amines) is 1. The third-order valence-electron chi connectivity index (χ3n) is 2.92. The second kappa shape index (κ2) is 3.31. The number of piperidine rings is 1. The van der Waals surface area contributed by atoms with Crippen LogP contribution in [0, 0.1) is 16.7 Å². The van der Waals surface area contributed by atoms with Gasteiger partial charge >= 0.3 is 0 Å². The van der Waals surface area contributed by atoms with Gasteiger partial charge in [0.25, 0.3) is 0 Å². The summed E-state index contributed by atoms with van der Waals surface area (Å²) in [7, 11) is 0. The van der Waals surface area contributed by atoms with Gasteiger partial charge in [0.15, 0.2) is 0 Å². The molecule has 0 radical (unpaired) electrons. The predicted molar refractivity (Wildman–Crippen MR) is 54.3 cm³/mol. The van der Waals surface area contributed by atoms with Crippen LogP contribution in [0.25, 0.3) is 0 Å². The van der Waals surface area contributed by atoms with E-state index in [1.165, 1.54) is 0 Å². The molecular formula is C11H20N2. The van der Waals surface area contributed by atoms with Crippen LogP contribution in [0.2, 0.25) is 0 Å². The molecule has 13 heavy (non-hydrogen) atoms. The van der Waals surface area contributed by atoms with Gasteiger partial charge in [-0.05, 0) is 47.1 Å². The van der Waals surface area contributed by atoms with Crippen molar-refractivity contribution >= 4 is 0 Å². The summed E-state index contributed by atoms with van der Waals surface area (Å²) in [5.41, 5.74) is 0.0874. The quantitative estimate of drug-likeness (QED) is 0.572. The van der Waals surface area contributed by atoms with Crippen LogP contribution in [0.5, 0.6) is 0 Å². The van der Waals surface area contributed by atoms with Crippen molar-refractivity contribution in [2.75, 3.05) is 13.1 Å². The number of hydrogen-bond donors (Lipinski definition) is 0. The van der Waals surface area contributed by atoms with E-state index in [1.54, 1.807) is 0 Å². The second-order valence-corrected chi connectivity index (χ2v) is 5.37. The van der Waals surface area contributed by atoms with E-state index in [-0.39, 0.29) is 11.0 Å². The van der Waals surface area contributed by atoms with Crippen LogP contribution >= 0.6 is 0 Å². The van der Waals surface area contributed by atoms with Crippen LogP contribution in [0.1, 0.15) is 40.5 Å². The molecular weight excluding hydrogens is 160 g/mol. The maximum absolute atomic E-state index is 9.06. The average molecular weight is 180 g/mol. The molecule has 1 aliphatic heterocycles. The summed E-state index contributed by atoms with van der Waals surface area (Å²) in [5.74, 6) is 0. The standard InChI is InChI=1S/C11H20N2/c1-10(2,3)13-7-5-6-11(4,8-12)9-13/h5-7,9H2,1-4H3. The van der Waals surface area contributed by atoms with Crippen LogP contribution in [0.15, 0.2) is 0 Å². The lowest BCUT2D eigenvalue weighted by molar-refractivity contribution is 0.0596. The number of rotatable bonds is 0. The van der Waals surface area contributed by atoms with Gasteiger partial charge in [0.1, 0.15) is 0 Å². The third kappa shape index (κ3) is 2.45. The highest BCUT2D eigenvalue weighted by Crippen LogP contribution is 2.31. The van der Waals surface area contributed by atoms with Crippen molar-refractivity contribution in [1.29, 1.82) is 5.26 Å². The molecule has 1 atom stereocenters. The van der Waals surface area contributed by atoms with Crippen LogP contribution in [0.4, 0.5) is 0 Å². The van der Waals surface area contributed by atoms with E-state index in [0.29, 0.717) is 0 Å². The maximum Gasteiger partial charge on any atom is 0.0700 e. The smallest absolute Gasteiger partial charge is 0.0700 e. The first-order valence-electron chi connectivity index (χ1n) is 5.04. The molecule has 1 aliphatic rings. The molecule has 1 heterocycles. The minimum absolute atomic E-state index is 0.120. The van der Waals surface area contributed by atoms with Crippen molar-refractivity contribution in [1.82, 2.24) is 4.90 Å². The lowest BCUT2D eigenvalue weighted by Gasteiger charge is -2.43. The van der Waals surface area contributed by atoms with Crippen molar-refractivity contribution in [2.24, 2.45) is 5.41 Å². The molecule has 0 aliphatic carbocycles. The first kappa shape index (κ1) is 10.5. The molecule has 0 aromatic carbocycles. The lowest BCUT2D eigenvalue weighted by atomic mass is 9.82. The fraction of sp³-hybridized carbons (Fsp3) is 0.909. The zero-order valence-electron chi connectivity index (χ0n) is 9.22. The predicted octanol–water partition coefficient (Wildman–Crippen LogP) is 2.41. The van der Waals surface area contributed by atoms with Crippen molar-refractivity contribution < 1.29 is 0 Å². The van der Waals surface area contributed by atoms with Crippen LogP contribution in [-0.4, -0.2) is 23.5 Å². The molecule has 1 rings (SSSR count). The highest BCUT2D eigenvalue weighted by Gasteiger charge is 2.35. The van der Waals surface area contributed by atoms with Crippen molar-refractivity contribution in [2.45, 2.75) is 46.1 Å². The molecule has 0 N–H and O–H groups in total. The normalized spacial score (nSPS) is 31.3. The van der Waals surface area contributed by atoms with Gasteiger partial charge in [-0.25, -0.2) is 0 Å². The van der Waals surface area contributed by atoms with Crippen molar-refractivity contribution in [3.63, 3.8) is 0 Å². The van der Waals surface area contributed by atoms with Gasteiger partial charge in [0.2, 0.25) is 0 Å². The summed E-state index contributed by atoms with van der Waals surface area (Å²) in [4.78, 5) is 2.42. The molecule has 0 saturated carbocycles. The van der Waals surface area contributed by atoms with Gasteiger partial charge in [-0.2, -0.15) is 5.26 Å². The summed E-state index contributed by atoms with van der Waals surface area (Å²) >= 11 is 0. The van der Waals surface area contributed by atoms with E-state index in [9.17, 15) is 0 Å². The zero-order chi connectivity index (χ0) is 10.1. The van der Waals surface area contributed by atoms with E-state index in [0.717, 1.165) is 25.9 Å². The average Bonchev–Trinajstić information content (AvgIpc) is 2.03. The molecule has 0 spiro atoms. The van der Waals surface area contributed by atoms with Gasteiger partial charge in [-0.1, -0.05) is 0 Å². The number of nitrogens with zero attached hydrogens (tertiary/aromatic N) is 2. The Balaban J connectivity index is 2.69. The molecule has 0 bridgehead atoms. The Labute approximate surface area is 81.5 Å². The largest absolute Gasteiger partial charge is 0.297 e. The van der Waals surface area contributed by atoms with Crippen LogP contribution in [0.3, 0.4) is 0 Å². The van der Waals surface area contributed by atoms with E-state index in [1.807, 2.05) is 0 Å². The third-order valence-corrected chi connectivity index (χ3v) is 2.92. The van der Waals surface area contributed by atoms with E-state index in [4.69, 9.17) is 5.26 Å². The first-order valence-corrected chi connectivity index (χ1v) is 5.04. The maximum atomic E-state index is 9.06. The summed E-state index contributed by atoms with van der Waals surface area (Å²) in [6.45, 7) is 10.8. The SMILES string of the molecule is CC1(C#N)CCCN(C(C)(C)C)C1. The monoisotopic (exact) mass is 180 g/mol. The van der Waals surface area contributed by atoms with Crippen LogP contribution in [-0.2, 0) is 0 Å². The minimum atomic E-state index is -0.120. The Bertz CT molecular complexity index is 221. The Morgan fingerprint density at radius 2 is 2.00 bits per heavy atom. The summed E-state index contributed by atoms with van der Waals surface area (Å²) in [6.07, 6.45) is 2.21. The fourth-order valence-electron chi connectivity index (χ4n) is 1.90. The Morgan fingerprint density at radius 1 is 1.38 bits per heavy atom. The highest BCUT2D eigenvalue weighted by atomic mass is 15.2. The summed E-state index contributed by atoms with van der Waals surface area (Å²) < 4.78 is 0. The lowest BCUT2D eigenvalue weighted by Crippen LogP contribution is -2.50. The Hall–Kier alpha value is -0.550. The molecule has 74 valence electrons. The van der Waals surface area contributed by atoms with Crippen molar-refractivity contribution in [3.05, 3.63) is 0 Å². The first-order chi connectivity index (χ1) is 5.87. The number of hydrogen-bond acceptors (Lipinski definition) is 2. The summed E-state index contributed by atoms with van der Waals surface area (Å²) in [5, 5.41) is 9.06. The molecule has 2 nitrogen and oxygen atoms in total. The van der Waals surface area contributed by atoms with Gasteiger partial charge in [-0.3, -0.25) is 4.90 Å².